The molecule has 0 radical (unpaired) electrons. The molecule has 3 aromatic heterocycles. The summed E-state index contributed by atoms with van der Waals surface area (Å²) in [6.45, 7) is 0.0794. The zero-order chi connectivity index (χ0) is 21.4. The molecule has 0 fully saturated rings. The fraction of sp³-hybridized carbons (Fsp3) is 0.0500. The molecule has 0 aliphatic heterocycles. The van der Waals surface area contributed by atoms with Crippen molar-refractivity contribution in [1.29, 1.82) is 0 Å². The fourth-order valence-electron chi connectivity index (χ4n) is 3.22. The summed E-state index contributed by atoms with van der Waals surface area (Å²) in [6.07, 6.45) is 2.86. The largest absolute Gasteiger partial charge is 0.361 e. The van der Waals surface area contributed by atoms with Crippen LogP contribution in [0.5, 0.6) is 0 Å². The minimum absolute atomic E-state index is 0.0657. The highest BCUT2D eigenvalue weighted by Gasteiger charge is 2.13. The molecule has 0 amide bonds. The lowest BCUT2D eigenvalue weighted by Gasteiger charge is -2.16. The topological polar surface area (TPSA) is 113 Å². The second kappa shape index (κ2) is 7.44. The summed E-state index contributed by atoms with van der Waals surface area (Å²) in [4.78, 5) is 32.9. The maximum absolute atomic E-state index is 13.7. The SMILES string of the molecule is O=c1c2ccccc2nc(CNc2ncnc3nc[nH]c23)n1Nc1cc(F)cc(F)c1. The van der Waals surface area contributed by atoms with Crippen molar-refractivity contribution in [2.45, 2.75) is 6.54 Å². The summed E-state index contributed by atoms with van der Waals surface area (Å²) >= 11 is 0. The van der Waals surface area contributed by atoms with Gasteiger partial charge in [0.05, 0.1) is 29.5 Å². The van der Waals surface area contributed by atoms with Gasteiger partial charge in [-0.25, -0.2) is 33.4 Å². The highest BCUT2D eigenvalue weighted by atomic mass is 19.1. The first-order valence-electron chi connectivity index (χ1n) is 9.20. The Labute approximate surface area is 172 Å². The number of nitrogens with zero attached hydrogens (tertiary/aromatic N) is 5. The third-order valence-electron chi connectivity index (χ3n) is 4.59. The van der Waals surface area contributed by atoms with Gasteiger partial charge in [0.15, 0.2) is 17.3 Å². The Bertz CT molecular complexity index is 1460. The molecule has 2 aromatic carbocycles. The van der Waals surface area contributed by atoms with Crippen molar-refractivity contribution in [3.05, 3.63) is 82.9 Å². The second-order valence-corrected chi connectivity index (χ2v) is 6.63. The molecular formula is C20H14F2N8O. The van der Waals surface area contributed by atoms with E-state index in [2.05, 4.69) is 35.7 Å². The highest BCUT2D eigenvalue weighted by molar-refractivity contribution is 5.82. The Kier molecular flexibility index (Phi) is 4.47. The summed E-state index contributed by atoms with van der Waals surface area (Å²) in [6, 6.07) is 9.74. The average Bonchev–Trinajstić information content (AvgIpc) is 3.23. The first-order chi connectivity index (χ1) is 15.1. The number of para-hydroxylation sites is 1. The predicted octanol–water partition coefficient (Wildman–Crippen LogP) is 2.83. The number of aromatic amines is 1. The lowest BCUT2D eigenvalue weighted by molar-refractivity contribution is 0.583. The van der Waals surface area contributed by atoms with E-state index >= 15 is 0 Å². The maximum Gasteiger partial charge on any atom is 0.280 e. The quantitative estimate of drug-likeness (QED) is 0.401. The molecule has 154 valence electrons. The van der Waals surface area contributed by atoms with Gasteiger partial charge >= 0.3 is 0 Å². The third-order valence-corrected chi connectivity index (χ3v) is 4.59. The second-order valence-electron chi connectivity index (χ2n) is 6.63. The molecule has 0 bridgehead atoms. The lowest BCUT2D eigenvalue weighted by atomic mass is 10.2. The summed E-state index contributed by atoms with van der Waals surface area (Å²) in [5.41, 5.74) is 3.97. The van der Waals surface area contributed by atoms with Gasteiger partial charge in [-0.1, -0.05) is 12.1 Å². The van der Waals surface area contributed by atoms with Gasteiger partial charge in [-0.2, -0.15) is 0 Å². The van der Waals surface area contributed by atoms with Crippen LogP contribution < -0.4 is 16.3 Å². The molecule has 0 spiro atoms. The van der Waals surface area contributed by atoms with Gasteiger partial charge in [-0.15, -0.1) is 0 Å². The molecule has 0 saturated heterocycles. The zero-order valence-electron chi connectivity index (χ0n) is 15.8. The number of halogens is 2. The number of H-pyrrole nitrogens is 1. The Morgan fingerprint density at radius 2 is 1.84 bits per heavy atom. The van der Waals surface area contributed by atoms with Crippen LogP contribution in [0.2, 0.25) is 0 Å². The van der Waals surface area contributed by atoms with Crippen molar-refractivity contribution in [2.75, 3.05) is 10.7 Å². The van der Waals surface area contributed by atoms with Crippen LogP contribution >= 0.6 is 0 Å². The monoisotopic (exact) mass is 420 g/mol. The van der Waals surface area contributed by atoms with Crippen LogP contribution in [0, 0.1) is 11.6 Å². The first-order valence-corrected chi connectivity index (χ1v) is 9.20. The summed E-state index contributed by atoms with van der Waals surface area (Å²) in [7, 11) is 0. The van der Waals surface area contributed by atoms with Crippen molar-refractivity contribution in [3.8, 4) is 0 Å². The first kappa shape index (κ1) is 18.6. The van der Waals surface area contributed by atoms with Gasteiger partial charge in [0, 0.05) is 6.07 Å². The maximum atomic E-state index is 13.7. The number of rotatable bonds is 5. The van der Waals surface area contributed by atoms with Crippen molar-refractivity contribution in [2.24, 2.45) is 0 Å². The molecule has 3 heterocycles. The van der Waals surface area contributed by atoms with Crippen LogP contribution in [0.4, 0.5) is 20.3 Å². The van der Waals surface area contributed by atoms with Gasteiger partial charge in [0.1, 0.15) is 23.5 Å². The minimum atomic E-state index is -0.772. The van der Waals surface area contributed by atoms with Gasteiger partial charge in [0.25, 0.3) is 5.56 Å². The molecule has 3 N–H and O–H groups in total. The molecule has 0 unspecified atom stereocenters. The smallest absolute Gasteiger partial charge is 0.280 e. The molecule has 31 heavy (non-hydrogen) atoms. The zero-order valence-corrected chi connectivity index (χ0v) is 15.8. The third kappa shape index (κ3) is 3.52. The van der Waals surface area contributed by atoms with Crippen molar-refractivity contribution in [1.82, 2.24) is 29.6 Å². The number of imidazole rings is 1. The summed E-state index contributed by atoms with van der Waals surface area (Å²) in [5.74, 6) is -0.800. The van der Waals surface area contributed by atoms with E-state index in [4.69, 9.17) is 0 Å². The summed E-state index contributed by atoms with van der Waals surface area (Å²) < 4.78 is 28.5. The average molecular weight is 420 g/mol. The number of hydrogen-bond acceptors (Lipinski definition) is 7. The molecule has 0 saturated carbocycles. The van der Waals surface area contributed by atoms with E-state index in [1.807, 2.05) is 0 Å². The summed E-state index contributed by atoms with van der Waals surface area (Å²) in [5, 5.41) is 3.45. The van der Waals surface area contributed by atoms with E-state index in [0.717, 1.165) is 22.9 Å². The van der Waals surface area contributed by atoms with Gasteiger partial charge in [-0.05, 0) is 24.3 Å². The standard InChI is InChI=1S/C20H14F2N8O/c21-11-5-12(22)7-13(6-11)29-30-16(28-15-4-2-1-3-14(15)20(30)31)8-23-18-17-19(25-9-24-17)27-10-26-18/h1-7,9-10,29H,8H2,(H2,23,24,25,26,27). The van der Waals surface area contributed by atoms with E-state index in [-0.39, 0.29) is 18.1 Å². The number of nitrogens with one attached hydrogen (secondary N) is 3. The number of fused-ring (bicyclic) bond motifs is 2. The predicted molar refractivity (Wildman–Crippen MR) is 110 cm³/mol. The molecule has 0 atom stereocenters. The van der Waals surface area contributed by atoms with E-state index < -0.39 is 17.2 Å². The van der Waals surface area contributed by atoms with Crippen molar-refractivity contribution in [3.63, 3.8) is 0 Å². The van der Waals surface area contributed by atoms with Crippen LogP contribution in [0.25, 0.3) is 22.1 Å². The van der Waals surface area contributed by atoms with Crippen molar-refractivity contribution < 1.29 is 8.78 Å². The molecule has 11 heteroatoms. The number of benzene rings is 2. The lowest BCUT2D eigenvalue weighted by Crippen LogP contribution is -2.32. The van der Waals surface area contributed by atoms with Gasteiger partial charge < -0.3 is 10.3 Å². The molecule has 5 rings (SSSR count). The normalized spacial score (nSPS) is 11.2. The van der Waals surface area contributed by atoms with E-state index in [9.17, 15) is 13.6 Å². The van der Waals surface area contributed by atoms with Gasteiger partial charge in [-0.3, -0.25) is 10.2 Å². The van der Waals surface area contributed by atoms with Crippen LogP contribution in [0.3, 0.4) is 0 Å². The molecule has 0 aliphatic rings. The van der Waals surface area contributed by atoms with E-state index in [0.29, 0.717) is 27.9 Å². The molecule has 0 aliphatic carbocycles. The molecule has 9 nitrogen and oxygen atoms in total. The van der Waals surface area contributed by atoms with Crippen molar-refractivity contribution >= 4 is 33.6 Å². The molecular weight excluding hydrogens is 406 g/mol. The van der Waals surface area contributed by atoms with Crippen LogP contribution in [-0.4, -0.2) is 29.6 Å². The van der Waals surface area contributed by atoms with Crippen LogP contribution in [-0.2, 0) is 6.54 Å². The Hall–Kier alpha value is -4.41. The van der Waals surface area contributed by atoms with Crippen LogP contribution in [0.1, 0.15) is 5.82 Å². The highest BCUT2D eigenvalue weighted by Crippen LogP contribution is 2.17. The fourth-order valence-corrected chi connectivity index (χ4v) is 3.22. The number of aromatic nitrogens is 6. The Morgan fingerprint density at radius 1 is 1.03 bits per heavy atom. The Balaban J connectivity index is 1.58. The van der Waals surface area contributed by atoms with Crippen LogP contribution in [0.15, 0.2) is 59.9 Å². The van der Waals surface area contributed by atoms with Gasteiger partial charge in [0.2, 0.25) is 0 Å². The van der Waals surface area contributed by atoms with E-state index in [1.165, 1.54) is 12.7 Å². The number of hydrogen-bond donors (Lipinski definition) is 3. The van der Waals surface area contributed by atoms with E-state index in [1.54, 1.807) is 24.3 Å². The Morgan fingerprint density at radius 3 is 2.68 bits per heavy atom. The minimum Gasteiger partial charge on any atom is -0.361 e. The molecule has 5 aromatic rings. The number of anilines is 2.